The third-order valence-corrected chi connectivity index (χ3v) is 8.01. The van der Waals surface area contributed by atoms with Crippen molar-refractivity contribution in [3.63, 3.8) is 0 Å². The van der Waals surface area contributed by atoms with E-state index in [-0.39, 0.29) is 5.41 Å². The van der Waals surface area contributed by atoms with Gasteiger partial charge in [0.25, 0.3) is 0 Å². The van der Waals surface area contributed by atoms with Crippen molar-refractivity contribution in [2.45, 2.75) is 19.3 Å². The van der Waals surface area contributed by atoms with Crippen molar-refractivity contribution < 1.29 is 0 Å². The highest BCUT2D eigenvalue weighted by Gasteiger charge is 2.36. The van der Waals surface area contributed by atoms with Crippen LogP contribution in [0.3, 0.4) is 0 Å². The lowest BCUT2D eigenvalue weighted by Crippen LogP contribution is -2.14. The zero-order valence-corrected chi connectivity index (χ0v) is 20.2. The van der Waals surface area contributed by atoms with E-state index in [2.05, 4.69) is 103 Å². The van der Waals surface area contributed by atoms with Gasteiger partial charge in [0, 0.05) is 27.8 Å². The smallest absolute Gasteiger partial charge is 0.235 e. The molecule has 0 bridgehead atoms. The van der Waals surface area contributed by atoms with Crippen LogP contribution in [0.25, 0.3) is 60.6 Å². The summed E-state index contributed by atoms with van der Waals surface area (Å²) in [5, 5.41) is 6.08. The molecule has 0 amide bonds. The van der Waals surface area contributed by atoms with E-state index in [9.17, 15) is 0 Å². The maximum absolute atomic E-state index is 4.98. The fourth-order valence-electron chi connectivity index (χ4n) is 6.17. The highest BCUT2D eigenvalue weighted by Crippen LogP contribution is 2.52. The van der Waals surface area contributed by atoms with Crippen LogP contribution in [-0.2, 0) is 5.41 Å². The molecule has 3 nitrogen and oxygen atoms in total. The normalized spacial score (nSPS) is 14.1. The van der Waals surface area contributed by atoms with Crippen LogP contribution < -0.4 is 0 Å². The second-order valence-corrected chi connectivity index (χ2v) is 10.4. The van der Waals surface area contributed by atoms with Gasteiger partial charge in [-0.05, 0) is 69.4 Å². The molecule has 0 atom stereocenters. The highest BCUT2D eigenvalue weighted by atomic mass is 15.2. The van der Waals surface area contributed by atoms with Crippen LogP contribution in [0.15, 0.2) is 103 Å². The fourth-order valence-corrected chi connectivity index (χ4v) is 6.17. The molecule has 0 unspecified atom stereocenters. The Morgan fingerprint density at radius 1 is 0.611 bits per heavy atom. The lowest BCUT2D eigenvalue weighted by molar-refractivity contribution is 0.662. The molecule has 170 valence electrons. The van der Waals surface area contributed by atoms with Gasteiger partial charge in [0.2, 0.25) is 5.95 Å². The summed E-state index contributed by atoms with van der Waals surface area (Å²) in [4.78, 5) is 9.79. The van der Waals surface area contributed by atoms with Gasteiger partial charge in [-0.1, -0.05) is 74.5 Å². The Balaban J connectivity index is 1.49. The number of fused-ring (bicyclic) bond motifs is 8. The minimum atomic E-state index is -0.0778. The first-order chi connectivity index (χ1) is 17.6. The molecule has 8 rings (SSSR count). The summed E-state index contributed by atoms with van der Waals surface area (Å²) < 4.78 is 2.23. The first kappa shape index (κ1) is 19.8. The molecule has 36 heavy (non-hydrogen) atoms. The summed E-state index contributed by atoms with van der Waals surface area (Å²) >= 11 is 0. The number of hydrogen-bond acceptors (Lipinski definition) is 2. The van der Waals surface area contributed by atoms with Gasteiger partial charge in [-0.15, -0.1) is 0 Å². The molecule has 1 aliphatic carbocycles. The van der Waals surface area contributed by atoms with Gasteiger partial charge in [-0.2, -0.15) is 0 Å². The molecule has 3 heteroatoms. The van der Waals surface area contributed by atoms with E-state index in [0.717, 1.165) is 21.9 Å². The van der Waals surface area contributed by atoms with Crippen LogP contribution in [-0.4, -0.2) is 14.5 Å². The van der Waals surface area contributed by atoms with Crippen molar-refractivity contribution in [2.75, 3.05) is 0 Å². The molecule has 7 aromatic rings. The standard InChI is InChI=1S/C33H23N3/c1-33(2)27-16-21-10-4-3-9-20(21)15-24(27)25-18-31-26(17-28(25)33)23-12-6-8-14-30(23)36(31)32-34-19-22-11-5-7-13-29(22)35-32/h3-19H,1-2H3. The molecule has 2 aromatic heterocycles. The number of hydrogen-bond donors (Lipinski definition) is 0. The molecular formula is C33H23N3. The molecule has 1 aliphatic rings. The van der Waals surface area contributed by atoms with Crippen LogP contribution in [0.1, 0.15) is 25.0 Å². The van der Waals surface area contributed by atoms with E-state index >= 15 is 0 Å². The highest BCUT2D eigenvalue weighted by molar-refractivity contribution is 6.11. The number of aromatic nitrogens is 3. The Kier molecular flexibility index (Phi) is 3.73. The summed E-state index contributed by atoms with van der Waals surface area (Å²) in [6.45, 7) is 4.70. The van der Waals surface area contributed by atoms with E-state index < -0.39 is 0 Å². The van der Waals surface area contributed by atoms with Gasteiger partial charge in [-0.25, -0.2) is 9.97 Å². The number of para-hydroxylation sites is 2. The largest absolute Gasteiger partial charge is 0.278 e. The molecule has 2 heterocycles. The molecule has 0 aliphatic heterocycles. The van der Waals surface area contributed by atoms with Crippen molar-refractivity contribution in [2.24, 2.45) is 0 Å². The summed E-state index contributed by atoms with van der Waals surface area (Å²) in [5.41, 5.74) is 8.54. The van der Waals surface area contributed by atoms with Crippen molar-refractivity contribution >= 4 is 43.5 Å². The van der Waals surface area contributed by atoms with Crippen LogP contribution in [0, 0.1) is 0 Å². The molecule has 5 aromatic carbocycles. The summed E-state index contributed by atoms with van der Waals surface area (Å²) in [7, 11) is 0. The molecule has 0 saturated carbocycles. The van der Waals surface area contributed by atoms with Gasteiger partial charge in [-0.3, -0.25) is 4.57 Å². The zero-order valence-electron chi connectivity index (χ0n) is 20.2. The quantitative estimate of drug-likeness (QED) is 0.247. The zero-order chi connectivity index (χ0) is 24.0. The van der Waals surface area contributed by atoms with Crippen molar-refractivity contribution in [1.82, 2.24) is 14.5 Å². The van der Waals surface area contributed by atoms with Crippen LogP contribution in [0.5, 0.6) is 0 Å². The SMILES string of the molecule is CC1(C)c2cc3ccccc3cc2-c2cc3c(cc21)c1ccccc1n3-c1ncc2ccccc2n1. The van der Waals surface area contributed by atoms with Crippen molar-refractivity contribution in [3.8, 4) is 17.1 Å². The Morgan fingerprint density at radius 2 is 1.28 bits per heavy atom. The third kappa shape index (κ3) is 2.52. The number of benzene rings is 5. The second-order valence-electron chi connectivity index (χ2n) is 10.4. The van der Waals surface area contributed by atoms with E-state index in [1.807, 2.05) is 18.3 Å². The molecule has 0 radical (unpaired) electrons. The maximum atomic E-state index is 4.98. The Hall–Kier alpha value is -4.50. The van der Waals surface area contributed by atoms with Crippen molar-refractivity contribution in [3.05, 3.63) is 114 Å². The van der Waals surface area contributed by atoms with Gasteiger partial charge >= 0.3 is 0 Å². The number of nitrogens with zero attached hydrogens (tertiary/aromatic N) is 3. The molecule has 0 fully saturated rings. The average molecular weight is 462 g/mol. The molecule has 0 spiro atoms. The first-order valence-corrected chi connectivity index (χ1v) is 12.4. The Morgan fingerprint density at radius 3 is 2.14 bits per heavy atom. The lowest BCUT2D eigenvalue weighted by Gasteiger charge is -2.22. The fraction of sp³-hybridized carbons (Fsp3) is 0.0909. The predicted octanol–water partition coefficient (Wildman–Crippen LogP) is 8.19. The van der Waals surface area contributed by atoms with Crippen LogP contribution >= 0.6 is 0 Å². The minimum absolute atomic E-state index is 0.0778. The van der Waals surface area contributed by atoms with Crippen molar-refractivity contribution in [1.29, 1.82) is 0 Å². The first-order valence-electron chi connectivity index (χ1n) is 12.4. The Labute approximate surface area is 208 Å². The third-order valence-electron chi connectivity index (χ3n) is 8.01. The van der Waals surface area contributed by atoms with Crippen LogP contribution in [0.2, 0.25) is 0 Å². The summed E-state index contributed by atoms with van der Waals surface area (Å²) in [6, 6.07) is 34.9. The molecule has 0 N–H and O–H groups in total. The van der Waals surface area contributed by atoms with Crippen LogP contribution in [0.4, 0.5) is 0 Å². The van der Waals surface area contributed by atoms with Gasteiger partial charge < -0.3 is 0 Å². The van der Waals surface area contributed by atoms with E-state index in [1.54, 1.807) is 0 Å². The van der Waals surface area contributed by atoms with Gasteiger partial charge in [0.1, 0.15) is 0 Å². The minimum Gasteiger partial charge on any atom is -0.278 e. The van der Waals surface area contributed by atoms with E-state index in [1.165, 1.54) is 43.8 Å². The molecular weight excluding hydrogens is 438 g/mol. The van der Waals surface area contributed by atoms with E-state index in [4.69, 9.17) is 9.97 Å². The predicted molar refractivity (Wildman–Crippen MR) is 149 cm³/mol. The topological polar surface area (TPSA) is 30.7 Å². The average Bonchev–Trinajstić information content (AvgIpc) is 3.35. The van der Waals surface area contributed by atoms with E-state index in [0.29, 0.717) is 5.95 Å². The summed E-state index contributed by atoms with van der Waals surface area (Å²) in [5.74, 6) is 0.704. The maximum Gasteiger partial charge on any atom is 0.235 e. The summed E-state index contributed by atoms with van der Waals surface area (Å²) in [6.07, 6.45) is 1.93. The lowest BCUT2D eigenvalue weighted by atomic mass is 9.81. The number of rotatable bonds is 1. The Bertz CT molecular complexity index is 2030. The molecule has 0 saturated heterocycles. The van der Waals surface area contributed by atoms with Gasteiger partial charge in [0.05, 0.1) is 16.6 Å². The second kappa shape index (κ2) is 6.79. The monoisotopic (exact) mass is 461 g/mol. The van der Waals surface area contributed by atoms with Gasteiger partial charge in [0.15, 0.2) is 0 Å².